The first-order valence-electron chi connectivity index (χ1n) is 6.31. The molecule has 0 unspecified atom stereocenters. The number of nitrogens with two attached hydrogens (primary N) is 1. The van der Waals surface area contributed by atoms with Gasteiger partial charge < -0.3 is 15.4 Å². The van der Waals surface area contributed by atoms with E-state index < -0.39 is 0 Å². The Morgan fingerprint density at radius 1 is 1.30 bits per heavy atom. The fourth-order valence-corrected chi connectivity index (χ4v) is 2.17. The Morgan fingerprint density at radius 2 is 2.05 bits per heavy atom. The van der Waals surface area contributed by atoms with E-state index in [4.69, 9.17) is 10.5 Å². The Morgan fingerprint density at radius 3 is 2.80 bits per heavy atom. The maximum Gasteiger partial charge on any atom is 0.281 e. The zero-order chi connectivity index (χ0) is 14.1. The molecule has 3 rings (SSSR count). The molecule has 104 valence electrons. The van der Waals surface area contributed by atoms with E-state index in [1.54, 1.807) is 17.0 Å². The summed E-state index contributed by atoms with van der Waals surface area (Å²) in [6, 6.07) is 3.30. The molecule has 2 N–H and O–H groups in total. The predicted molar refractivity (Wildman–Crippen MR) is 72.6 cm³/mol. The van der Waals surface area contributed by atoms with Crippen LogP contribution in [0.3, 0.4) is 0 Å². The number of hydrogen-bond acceptors (Lipinski definition) is 5. The van der Waals surface area contributed by atoms with Crippen molar-refractivity contribution in [3.8, 4) is 0 Å². The van der Waals surface area contributed by atoms with Gasteiger partial charge in [0.2, 0.25) is 0 Å². The summed E-state index contributed by atoms with van der Waals surface area (Å²) >= 11 is 0. The van der Waals surface area contributed by atoms with Crippen LogP contribution in [0.25, 0.3) is 5.65 Å². The number of morpholine rings is 1. The topological polar surface area (TPSA) is 89.9 Å². The highest BCUT2D eigenvalue weighted by Gasteiger charge is 2.19. The summed E-state index contributed by atoms with van der Waals surface area (Å²) in [6.45, 7) is 2.18. The summed E-state index contributed by atoms with van der Waals surface area (Å²) in [7, 11) is 0. The van der Waals surface area contributed by atoms with E-state index in [1.165, 1.54) is 16.8 Å². The Bertz CT molecular complexity index is 719. The quantitative estimate of drug-likeness (QED) is 0.774. The van der Waals surface area contributed by atoms with Crippen molar-refractivity contribution in [1.29, 1.82) is 0 Å². The number of anilines is 1. The maximum absolute atomic E-state index is 12.3. The molecule has 3 heterocycles. The Balaban J connectivity index is 2.01. The van der Waals surface area contributed by atoms with E-state index in [2.05, 4.69) is 4.98 Å². The third-order valence-corrected chi connectivity index (χ3v) is 3.27. The van der Waals surface area contributed by atoms with Gasteiger partial charge in [-0.05, 0) is 12.1 Å². The molecule has 1 saturated heterocycles. The van der Waals surface area contributed by atoms with Gasteiger partial charge in [-0.15, -0.1) is 0 Å². The van der Waals surface area contributed by atoms with Crippen LogP contribution in [0.15, 0.2) is 29.3 Å². The van der Waals surface area contributed by atoms with Crippen molar-refractivity contribution in [2.24, 2.45) is 0 Å². The van der Waals surface area contributed by atoms with Gasteiger partial charge in [-0.25, -0.2) is 4.98 Å². The molecule has 7 heteroatoms. The van der Waals surface area contributed by atoms with Crippen LogP contribution in [-0.2, 0) is 4.74 Å². The average Bonchev–Trinajstić information content (AvgIpc) is 2.51. The van der Waals surface area contributed by atoms with Gasteiger partial charge in [0.05, 0.1) is 25.0 Å². The number of rotatable bonds is 1. The normalized spacial score (nSPS) is 15.5. The number of amides is 1. The highest BCUT2D eigenvalue weighted by Crippen LogP contribution is 2.09. The number of pyridine rings is 1. The van der Waals surface area contributed by atoms with E-state index in [0.717, 1.165) is 0 Å². The monoisotopic (exact) mass is 274 g/mol. The van der Waals surface area contributed by atoms with Gasteiger partial charge >= 0.3 is 0 Å². The summed E-state index contributed by atoms with van der Waals surface area (Å²) < 4.78 is 6.51. The molecule has 0 spiro atoms. The molecule has 2 aromatic heterocycles. The van der Waals surface area contributed by atoms with Crippen molar-refractivity contribution in [2.45, 2.75) is 0 Å². The fraction of sp³-hybridized carbons (Fsp3) is 0.308. The number of ether oxygens (including phenoxy) is 1. The number of nitrogen functional groups attached to an aromatic ring is 1. The second-order valence-electron chi connectivity index (χ2n) is 4.57. The molecule has 1 aliphatic heterocycles. The maximum atomic E-state index is 12.3. The van der Waals surface area contributed by atoms with Crippen LogP contribution >= 0.6 is 0 Å². The van der Waals surface area contributed by atoms with Crippen molar-refractivity contribution < 1.29 is 9.53 Å². The second-order valence-corrected chi connectivity index (χ2v) is 4.57. The molecule has 0 bridgehead atoms. The van der Waals surface area contributed by atoms with Gasteiger partial charge in [0, 0.05) is 19.3 Å². The Hall–Kier alpha value is -2.41. The Labute approximate surface area is 114 Å². The van der Waals surface area contributed by atoms with Gasteiger partial charge in [-0.2, -0.15) is 0 Å². The number of carbonyl (C=O) groups is 1. The standard InChI is InChI=1S/C13H14N4O3/c14-10-7-15-11-2-1-9(8-17(11)13(10)19)12(18)16-3-5-20-6-4-16/h1-2,7-8H,3-6,14H2. The fourth-order valence-electron chi connectivity index (χ4n) is 2.17. The van der Waals surface area contributed by atoms with Gasteiger partial charge in [-0.1, -0.05) is 0 Å². The smallest absolute Gasteiger partial charge is 0.281 e. The summed E-state index contributed by atoms with van der Waals surface area (Å²) in [5, 5.41) is 0. The molecule has 2 aromatic rings. The number of hydrogen-bond donors (Lipinski definition) is 1. The molecule has 0 saturated carbocycles. The zero-order valence-electron chi connectivity index (χ0n) is 10.8. The molecular weight excluding hydrogens is 260 g/mol. The van der Waals surface area contributed by atoms with Gasteiger partial charge in [0.1, 0.15) is 11.3 Å². The molecule has 0 radical (unpaired) electrons. The minimum absolute atomic E-state index is 0.0541. The lowest BCUT2D eigenvalue weighted by Crippen LogP contribution is -2.40. The first-order valence-corrected chi connectivity index (χ1v) is 6.31. The minimum Gasteiger partial charge on any atom is -0.393 e. The predicted octanol–water partition coefficient (Wildman–Crippen LogP) is -0.251. The molecule has 0 aromatic carbocycles. The molecule has 20 heavy (non-hydrogen) atoms. The van der Waals surface area contributed by atoms with Crippen LogP contribution in [-0.4, -0.2) is 46.5 Å². The van der Waals surface area contributed by atoms with E-state index in [-0.39, 0.29) is 17.2 Å². The average molecular weight is 274 g/mol. The van der Waals surface area contributed by atoms with Crippen LogP contribution in [0.5, 0.6) is 0 Å². The van der Waals surface area contributed by atoms with Gasteiger partial charge in [0.25, 0.3) is 11.5 Å². The highest BCUT2D eigenvalue weighted by atomic mass is 16.5. The summed E-state index contributed by atoms with van der Waals surface area (Å²) in [4.78, 5) is 30.0. The summed E-state index contributed by atoms with van der Waals surface area (Å²) in [5.41, 5.74) is 6.13. The molecule has 1 aliphatic rings. The van der Waals surface area contributed by atoms with Crippen molar-refractivity contribution in [3.05, 3.63) is 40.4 Å². The van der Waals surface area contributed by atoms with Crippen LogP contribution < -0.4 is 11.3 Å². The largest absolute Gasteiger partial charge is 0.393 e. The molecule has 0 atom stereocenters. The molecule has 1 fully saturated rings. The van der Waals surface area contributed by atoms with Gasteiger partial charge in [0.15, 0.2) is 0 Å². The van der Waals surface area contributed by atoms with Crippen LogP contribution in [0.2, 0.25) is 0 Å². The lowest BCUT2D eigenvalue weighted by atomic mass is 10.2. The Kier molecular flexibility index (Phi) is 3.11. The number of fused-ring (bicyclic) bond motifs is 1. The minimum atomic E-state index is -0.369. The third-order valence-electron chi connectivity index (χ3n) is 3.27. The van der Waals surface area contributed by atoms with Crippen LogP contribution in [0.4, 0.5) is 5.69 Å². The molecule has 7 nitrogen and oxygen atoms in total. The van der Waals surface area contributed by atoms with E-state index >= 15 is 0 Å². The zero-order valence-corrected chi connectivity index (χ0v) is 10.8. The van der Waals surface area contributed by atoms with Crippen molar-refractivity contribution in [1.82, 2.24) is 14.3 Å². The highest BCUT2D eigenvalue weighted by molar-refractivity contribution is 5.94. The molecular formula is C13H14N4O3. The summed E-state index contributed by atoms with van der Waals surface area (Å²) in [5.74, 6) is -0.121. The second kappa shape index (κ2) is 4.93. The lowest BCUT2D eigenvalue weighted by Gasteiger charge is -2.26. The molecule has 1 amide bonds. The first kappa shape index (κ1) is 12.6. The number of carbonyl (C=O) groups excluding carboxylic acids is 1. The first-order chi connectivity index (χ1) is 9.66. The number of nitrogens with zero attached hydrogens (tertiary/aromatic N) is 3. The van der Waals surface area contributed by atoms with Crippen molar-refractivity contribution in [2.75, 3.05) is 32.0 Å². The van der Waals surface area contributed by atoms with E-state index in [1.807, 2.05) is 0 Å². The molecule has 0 aliphatic carbocycles. The van der Waals surface area contributed by atoms with Crippen molar-refractivity contribution >= 4 is 17.2 Å². The SMILES string of the molecule is Nc1cnc2ccc(C(=O)N3CCOCC3)cn2c1=O. The van der Waals surface area contributed by atoms with Crippen LogP contribution in [0.1, 0.15) is 10.4 Å². The third kappa shape index (κ3) is 2.12. The van der Waals surface area contributed by atoms with E-state index in [9.17, 15) is 9.59 Å². The summed E-state index contributed by atoms with van der Waals surface area (Å²) in [6.07, 6.45) is 2.81. The van der Waals surface area contributed by atoms with Crippen LogP contribution in [0, 0.1) is 0 Å². The van der Waals surface area contributed by atoms with E-state index in [0.29, 0.717) is 37.5 Å². The van der Waals surface area contributed by atoms with Gasteiger partial charge in [-0.3, -0.25) is 14.0 Å². The lowest BCUT2D eigenvalue weighted by molar-refractivity contribution is 0.0302. The number of aromatic nitrogens is 2. The van der Waals surface area contributed by atoms with Crippen molar-refractivity contribution in [3.63, 3.8) is 0 Å².